The molecule has 0 amide bonds. The molecule has 2 unspecified atom stereocenters. The van der Waals surface area contributed by atoms with Crippen LogP contribution in [-0.2, 0) is 4.74 Å². The first kappa shape index (κ1) is 14.2. The summed E-state index contributed by atoms with van der Waals surface area (Å²) in [6.07, 6.45) is 4.59. The number of carboxylic acids is 1. The first-order valence-electron chi connectivity index (χ1n) is 6.44. The van der Waals surface area contributed by atoms with Gasteiger partial charge in [-0.1, -0.05) is 24.4 Å². The Labute approximate surface area is 117 Å². The number of methoxy groups -OCH3 is 1. The van der Waals surface area contributed by atoms with Crippen molar-refractivity contribution in [1.29, 1.82) is 0 Å². The van der Waals surface area contributed by atoms with Crippen molar-refractivity contribution in [3.8, 4) is 0 Å². The molecule has 0 radical (unpaired) electrons. The third-order valence-corrected chi connectivity index (χ3v) is 3.88. The molecule has 2 atom stereocenters. The van der Waals surface area contributed by atoms with Crippen molar-refractivity contribution >= 4 is 23.3 Å². The zero-order valence-electron chi connectivity index (χ0n) is 10.9. The van der Waals surface area contributed by atoms with Crippen LogP contribution in [-0.4, -0.2) is 30.3 Å². The maximum atomic E-state index is 11.0. The lowest BCUT2D eigenvalue weighted by molar-refractivity contribution is 0.0606. The van der Waals surface area contributed by atoms with Gasteiger partial charge in [0, 0.05) is 12.8 Å². The fraction of sp³-hybridized carbons (Fsp3) is 0.500. The second-order valence-corrected chi connectivity index (χ2v) is 5.22. The zero-order chi connectivity index (χ0) is 13.8. The van der Waals surface area contributed by atoms with Gasteiger partial charge < -0.3 is 15.2 Å². The van der Waals surface area contributed by atoms with Crippen LogP contribution >= 0.6 is 11.6 Å². The van der Waals surface area contributed by atoms with E-state index in [2.05, 4.69) is 5.32 Å². The van der Waals surface area contributed by atoms with Gasteiger partial charge in [0.25, 0.3) is 0 Å². The number of hydrogen-bond acceptors (Lipinski definition) is 3. The van der Waals surface area contributed by atoms with Crippen molar-refractivity contribution in [3.05, 3.63) is 28.8 Å². The van der Waals surface area contributed by atoms with E-state index in [9.17, 15) is 4.79 Å². The van der Waals surface area contributed by atoms with Crippen LogP contribution in [0, 0.1) is 0 Å². The molecule has 0 aromatic heterocycles. The maximum Gasteiger partial charge on any atom is 0.337 e. The molecule has 0 spiro atoms. The zero-order valence-corrected chi connectivity index (χ0v) is 11.6. The Bertz CT molecular complexity index is 464. The van der Waals surface area contributed by atoms with Gasteiger partial charge in [0.2, 0.25) is 0 Å². The number of rotatable bonds is 4. The Morgan fingerprint density at radius 3 is 2.84 bits per heavy atom. The molecular formula is C14H18ClNO3. The van der Waals surface area contributed by atoms with Crippen molar-refractivity contribution in [2.24, 2.45) is 0 Å². The van der Waals surface area contributed by atoms with Crippen LogP contribution in [0.25, 0.3) is 0 Å². The first-order valence-corrected chi connectivity index (χ1v) is 6.82. The van der Waals surface area contributed by atoms with Crippen LogP contribution < -0.4 is 5.32 Å². The molecule has 1 aromatic carbocycles. The van der Waals surface area contributed by atoms with E-state index in [1.54, 1.807) is 25.3 Å². The maximum absolute atomic E-state index is 11.0. The summed E-state index contributed by atoms with van der Waals surface area (Å²) in [4.78, 5) is 11.0. The molecule has 104 valence electrons. The highest BCUT2D eigenvalue weighted by molar-refractivity contribution is 6.33. The molecule has 2 N–H and O–H groups in total. The van der Waals surface area contributed by atoms with E-state index in [1.807, 2.05) is 0 Å². The quantitative estimate of drug-likeness (QED) is 0.889. The number of carboxylic acid groups (broad SMARTS) is 1. The van der Waals surface area contributed by atoms with Gasteiger partial charge in [-0.05, 0) is 31.0 Å². The summed E-state index contributed by atoms with van der Waals surface area (Å²) in [6.45, 7) is 0. The predicted octanol–water partition coefficient (Wildman–Crippen LogP) is 3.41. The molecule has 19 heavy (non-hydrogen) atoms. The fourth-order valence-electron chi connectivity index (χ4n) is 2.54. The normalized spacial score (nSPS) is 23.1. The van der Waals surface area contributed by atoms with E-state index in [-0.39, 0.29) is 22.7 Å². The van der Waals surface area contributed by atoms with Gasteiger partial charge in [-0.25, -0.2) is 4.79 Å². The van der Waals surface area contributed by atoms with Crippen molar-refractivity contribution in [1.82, 2.24) is 0 Å². The molecule has 0 aliphatic heterocycles. The molecule has 1 saturated carbocycles. The highest BCUT2D eigenvalue weighted by Crippen LogP contribution is 2.26. The van der Waals surface area contributed by atoms with Crippen LogP contribution in [0.4, 0.5) is 5.69 Å². The molecule has 0 heterocycles. The van der Waals surface area contributed by atoms with Gasteiger partial charge in [-0.2, -0.15) is 0 Å². The summed E-state index contributed by atoms with van der Waals surface area (Å²) in [6, 6.07) is 5.21. The number of hydrogen-bond donors (Lipinski definition) is 2. The molecule has 1 aromatic rings. The molecule has 1 fully saturated rings. The van der Waals surface area contributed by atoms with Crippen molar-refractivity contribution in [3.63, 3.8) is 0 Å². The van der Waals surface area contributed by atoms with Gasteiger partial charge in [0.15, 0.2) is 0 Å². The largest absolute Gasteiger partial charge is 0.478 e. The molecular weight excluding hydrogens is 266 g/mol. The van der Waals surface area contributed by atoms with Crippen LogP contribution in [0.15, 0.2) is 18.2 Å². The minimum atomic E-state index is -1.01. The minimum absolute atomic E-state index is 0.122. The summed E-state index contributed by atoms with van der Waals surface area (Å²) in [5, 5.41) is 12.7. The average molecular weight is 284 g/mol. The van der Waals surface area contributed by atoms with E-state index < -0.39 is 5.97 Å². The van der Waals surface area contributed by atoms with Crippen molar-refractivity contribution < 1.29 is 14.6 Å². The van der Waals surface area contributed by atoms with E-state index in [4.69, 9.17) is 21.4 Å². The van der Waals surface area contributed by atoms with E-state index in [0.29, 0.717) is 0 Å². The Morgan fingerprint density at radius 2 is 2.16 bits per heavy atom. The van der Waals surface area contributed by atoms with E-state index in [0.717, 1.165) is 24.9 Å². The number of aromatic carboxylic acids is 1. The molecule has 1 aliphatic carbocycles. The number of nitrogens with one attached hydrogen (secondary N) is 1. The highest BCUT2D eigenvalue weighted by atomic mass is 35.5. The van der Waals surface area contributed by atoms with Crippen LogP contribution in [0.2, 0.25) is 5.02 Å². The monoisotopic (exact) mass is 283 g/mol. The number of benzene rings is 1. The first-order chi connectivity index (χ1) is 9.11. The minimum Gasteiger partial charge on any atom is -0.478 e. The van der Waals surface area contributed by atoms with Crippen LogP contribution in [0.3, 0.4) is 0 Å². The topological polar surface area (TPSA) is 58.6 Å². The fourth-order valence-corrected chi connectivity index (χ4v) is 2.74. The lowest BCUT2D eigenvalue weighted by Crippen LogP contribution is -2.37. The van der Waals surface area contributed by atoms with E-state index >= 15 is 0 Å². The SMILES string of the molecule is COC1CCCCC1Nc1ccc(Cl)c(C(=O)O)c1. The van der Waals surface area contributed by atoms with Crippen LogP contribution in [0.1, 0.15) is 36.0 Å². The second kappa shape index (κ2) is 6.26. The van der Waals surface area contributed by atoms with Gasteiger partial charge in [-0.3, -0.25) is 0 Å². The van der Waals surface area contributed by atoms with Crippen LogP contribution in [0.5, 0.6) is 0 Å². The lowest BCUT2D eigenvalue weighted by atomic mass is 9.92. The third-order valence-electron chi connectivity index (χ3n) is 3.55. The predicted molar refractivity (Wildman–Crippen MR) is 75.1 cm³/mol. The Kier molecular flexibility index (Phi) is 4.66. The summed E-state index contributed by atoms with van der Waals surface area (Å²) in [5.74, 6) is -1.01. The molecule has 1 aliphatic rings. The number of halogens is 1. The molecule has 0 saturated heterocycles. The Hall–Kier alpha value is -1.26. The standard InChI is InChI=1S/C14H18ClNO3/c1-19-13-5-3-2-4-12(13)16-9-6-7-11(15)10(8-9)14(17)18/h6-8,12-13,16H,2-5H2,1H3,(H,17,18). The highest BCUT2D eigenvalue weighted by Gasteiger charge is 2.25. The number of ether oxygens (including phenoxy) is 1. The Morgan fingerprint density at radius 1 is 1.42 bits per heavy atom. The Balaban J connectivity index is 2.14. The van der Waals surface area contributed by atoms with Gasteiger partial charge >= 0.3 is 5.97 Å². The average Bonchev–Trinajstić information content (AvgIpc) is 2.41. The van der Waals surface area contributed by atoms with Crippen molar-refractivity contribution in [2.45, 2.75) is 37.8 Å². The van der Waals surface area contributed by atoms with E-state index in [1.165, 1.54) is 6.42 Å². The second-order valence-electron chi connectivity index (χ2n) is 4.81. The molecule has 5 heteroatoms. The van der Waals surface area contributed by atoms with Gasteiger partial charge in [-0.15, -0.1) is 0 Å². The molecule has 2 rings (SSSR count). The van der Waals surface area contributed by atoms with Crippen molar-refractivity contribution in [2.75, 3.05) is 12.4 Å². The summed E-state index contributed by atoms with van der Waals surface area (Å²) in [5.41, 5.74) is 0.896. The summed E-state index contributed by atoms with van der Waals surface area (Å²) < 4.78 is 5.47. The molecule has 4 nitrogen and oxygen atoms in total. The summed E-state index contributed by atoms with van der Waals surface area (Å²) in [7, 11) is 1.72. The number of carbonyl (C=O) groups is 1. The number of anilines is 1. The smallest absolute Gasteiger partial charge is 0.337 e. The third kappa shape index (κ3) is 3.39. The lowest BCUT2D eigenvalue weighted by Gasteiger charge is -2.31. The molecule has 0 bridgehead atoms. The van der Waals surface area contributed by atoms with Gasteiger partial charge in [0.1, 0.15) is 0 Å². The van der Waals surface area contributed by atoms with Gasteiger partial charge in [0.05, 0.1) is 22.7 Å². The summed E-state index contributed by atoms with van der Waals surface area (Å²) >= 11 is 5.86.